The van der Waals surface area contributed by atoms with Crippen LogP contribution in [0.4, 0.5) is 0 Å². The van der Waals surface area contributed by atoms with Crippen molar-refractivity contribution >= 4 is 0 Å². The van der Waals surface area contributed by atoms with Crippen LogP contribution in [0, 0.1) is 0 Å². The van der Waals surface area contributed by atoms with Crippen molar-refractivity contribution in [3.8, 4) is 0 Å². The Morgan fingerprint density at radius 1 is 1.29 bits per heavy atom. The molecule has 0 saturated carbocycles. The van der Waals surface area contributed by atoms with E-state index in [0.717, 1.165) is 0 Å². The molecular formula is C12H20N2. The highest BCUT2D eigenvalue weighted by molar-refractivity contribution is 5.13. The minimum absolute atomic E-state index is 0.416. The van der Waals surface area contributed by atoms with Crippen molar-refractivity contribution in [2.45, 2.75) is 45.7 Å². The zero-order valence-corrected chi connectivity index (χ0v) is 9.33. The first-order chi connectivity index (χ1) is 6.74. The summed E-state index contributed by atoms with van der Waals surface area (Å²) in [5, 5.41) is 3.57. The third-order valence-corrected chi connectivity index (χ3v) is 2.46. The van der Waals surface area contributed by atoms with Gasteiger partial charge in [-0.2, -0.15) is 0 Å². The van der Waals surface area contributed by atoms with Crippen molar-refractivity contribution in [2.75, 3.05) is 0 Å². The first-order valence-corrected chi connectivity index (χ1v) is 5.40. The van der Waals surface area contributed by atoms with E-state index in [2.05, 4.69) is 43.2 Å². The molecule has 2 nitrogen and oxygen atoms in total. The third kappa shape index (κ3) is 3.46. The Balaban J connectivity index is 2.46. The molecule has 0 aliphatic rings. The van der Waals surface area contributed by atoms with Crippen LogP contribution in [0.1, 0.15) is 45.2 Å². The zero-order valence-electron chi connectivity index (χ0n) is 9.33. The van der Waals surface area contributed by atoms with Gasteiger partial charge in [0.2, 0.25) is 0 Å². The van der Waals surface area contributed by atoms with E-state index >= 15 is 0 Å². The normalized spacial score (nSPS) is 15.1. The molecule has 1 N–H and O–H groups in total. The van der Waals surface area contributed by atoms with Crippen LogP contribution in [0.3, 0.4) is 0 Å². The van der Waals surface area contributed by atoms with E-state index in [1.807, 2.05) is 12.4 Å². The molecule has 1 rings (SSSR count). The van der Waals surface area contributed by atoms with Gasteiger partial charge in [0.25, 0.3) is 0 Å². The topological polar surface area (TPSA) is 24.9 Å². The summed E-state index contributed by atoms with van der Waals surface area (Å²) in [4.78, 5) is 4.02. The predicted molar refractivity (Wildman–Crippen MR) is 60.2 cm³/mol. The van der Waals surface area contributed by atoms with Crippen LogP contribution < -0.4 is 5.32 Å². The number of aromatic nitrogens is 1. The summed E-state index contributed by atoms with van der Waals surface area (Å²) in [6.07, 6.45) is 6.16. The molecule has 0 aliphatic heterocycles. The van der Waals surface area contributed by atoms with E-state index in [-0.39, 0.29) is 0 Å². The van der Waals surface area contributed by atoms with Gasteiger partial charge in [-0.05, 0) is 38.0 Å². The van der Waals surface area contributed by atoms with Crippen molar-refractivity contribution in [1.82, 2.24) is 10.3 Å². The summed E-state index contributed by atoms with van der Waals surface area (Å²) in [6.45, 7) is 6.65. The molecule has 2 atom stereocenters. The van der Waals surface area contributed by atoms with Crippen LogP contribution in [0.25, 0.3) is 0 Å². The van der Waals surface area contributed by atoms with Crippen molar-refractivity contribution in [3.05, 3.63) is 30.1 Å². The molecule has 1 aromatic heterocycles. The van der Waals surface area contributed by atoms with E-state index in [9.17, 15) is 0 Å². The number of rotatable bonds is 5. The fraction of sp³-hybridized carbons (Fsp3) is 0.583. The highest BCUT2D eigenvalue weighted by atomic mass is 14.9. The monoisotopic (exact) mass is 192 g/mol. The van der Waals surface area contributed by atoms with E-state index in [1.54, 1.807) is 0 Å². The van der Waals surface area contributed by atoms with Crippen LogP contribution in [0.5, 0.6) is 0 Å². The first-order valence-electron chi connectivity index (χ1n) is 5.40. The van der Waals surface area contributed by atoms with Gasteiger partial charge < -0.3 is 5.32 Å². The summed E-state index contributed by atoms with van der Waals surface area (Å²) in [5.41, 5.74) is 1.31. The molecule has 0 aromatic carbocycles. The van der Waals surface area contributed by atoms with Gasteiger partial charge in [-0.1, -0.05) is 13.3 Å². The molecule has 0 bridgehead atoms. The molecule has 0 amide bonds. The maximum absolute atomic E-state index is 4.02. The van der Waals surface area contributed by atoms with Gasteiger partial charge in [-0.3, -0.25) is 4.98 Å². The fourth-order valence-corrected chi connectivity index (χ4v) is 1.69. The molecule has 2 heteroatoms. The summed E-state index contributed by atoms with van der Waals surface area (Å²) >= 11 is 0. The highest BCUT2D eigenvalue weighted by Crippen LogP contribution is 2.12. The predicted octanol–water partition coefficient (Wildman–Crippen LogP) is 2.92. The third-order valence-electron chi connectivity index (χ3n) is 2.46. The second-order valence-corrected chi connectivity index (χ2v) is 3.86. The summed E-state index contributed by atoms with van der Waals surface area (Å²) in [6, 6.07) is 5.13. The molecule has 2 unspecified atom stereocenters. The molecule has 0 fully saturated rings. The van der Waals surface area contributed by atoms with Crippen LogP contribution in [0.15, 0.2) is 24.5 Å². The Morgan fingerprint density at radius 3 is 2.50 bits per heavy atom. The van der Waals surface area contributed by atoms with E-state index < -0.39 is 0 Å². The average Bonchev–Trinajstić information content (AvgIpc) is 2.19. The molecule has 0 aliphatic carbocycles. The van der Waals surface area contributed by atoms with Crippen LogP contribution in [-0.2, 0) is 0 Å². The van der Waals surface area contributed by atoms with Crippen molar-refractivity contribution in [2.24, 2.45) is 0 Å². The standard InChI is InChI=1S/C12H20N2/c1-4-5-10(2)14-11(3)12-6-8-13-9-7-12/h6-11,14H,4-5H2,1-3H3. The first kappa shape index (κ1) is 11.2. The lowest BCUT2D eigenvalue weighted by atomic mass is 10.1. The Morgan fingerprint density at radius 2 is 1.93 bits per heavy atom. The largest absolute Gasteiger partial charge is 0.308 e. The van der Waals surface area contributed by atoms with Crippen molar-refractivity contribution < 1.29 is 0 Å². The second-order valence-electron chi connectivity index (χ2n) is 3.86. The van der Waals surface area contributed by atoms with Gasteiger partial charge in [0.05, 0.1) is 0 Å². The van der Waals surface area contributed by atoms with Crippen molar-refractivity contribution in [3.63, 3.8) is 0 Å². The molecular weight excluding hydrogens is 172 g/mol. The van der Waals surface area contributed by atoms with Gasteiger partial charge >= 0.3 is 0 Å². The fourth-order valence-electron chi connectivity index (χ4n) is 1.69. The van der Waals surface area contributed by atoms with Gasteiger partial charge in [-0.15, -0.1) is 0 Å². The lowest BCUT2D eigenvalue weighted by molar-refractivity contribution is 0.452. The Kier molecular flexibility index (Phi) is 4.60. The molecule has 1 heterocycles. The summed E-state index contributed by atoms with van der Waals surface area (Å²) in [5.74, 6) is 0. The van der Waals surface area contributed by atoms with E-state index in [4.69, 9.17) is 0 Å². The SMILES string of the molecule is CCCC(C)NC(C)c1ccncc1. The molecule has 14 heavy (non-hydrogen) atoms. The minimum Gasteiger partial charge on any atom is -0.308 e. The Labute approximate surface area is 86.8 Å². The number of nitrogens with zero attached hydrogens (tertiary/aromatic N) is 1. The molecule has 0 spiro atoms. The number of hydrogen-bond donors (Lipinski definition) is 1. The minimum atomic E-state index is 0.416. The molecule has 0 saturated heterocycles. The van der Waals surface area contributed by atoms with E-state index in [1.165, 1.54) is 18.4 Å². The zero-order chi connectivity index (χ0) is 10.4. The summed E-state index contributed by atoms with van der Waals surface area (Å²) < 4.78 is 0. The maximum atomic E-state index is 4.02. The van der Waals surface area contributed by atoms with Crippen molar-refractivity contribution in [1.29, 1.82) is 0 Å². The lowest BCUT2D eigenvalue weighted by Gasteiger charge is -2.19. The van der Waals surface area contributed by atoms with E-state index in [0.29, 0.717) is 12.1 Å². The van der Waals surface area contributed by atoms with Gasteiger partial charge in [0.1, 0.15) is 0 Å². The lowest BCUT2D eigenvalue weighted by Crippen LogP contribution is -2.28. The van der Waals surface area contributed by atoms with Gasteiger partial charge in [0, 0.05) is 24.5 Å². The smallest absolute Gasteiger partial charge is 0.0295 e. The van der Waals surface area contributed by atoms with Gasteiger partial charge in [0.15, 0.2) is 0 Å². The Hall–Kier alpha value is -0.890. The molecule has 1 aromatic rings. The number of pyridine rings is 1. The maximum Gasteiger partial charge on any atom is 0.0295 e. The van der Waals surface area contributed by atoms with Gasteiger partial charge in [-0.25, -0.2) is 0 Å². The highest BCUT2D eigenvalue weighted by Gasteiger charge is 2.07. The van der Waals surface area contributed by atoms with Crippen LogP contribution >= 0.6 is 0 Å². The average molecular weight is 192 g/mol. The summed E-state index contributed by atoms with van der Waals surface area (Å²) in [7, 11) is 0. The molecule has 0 radical (unpaired) electrons. The quantitative estimate of drug-likeness (QED) is 0.776. The second kappa shape index (κ2) is 5.76. The number of nitrogens with one attached hydrogen (secondary N) is 1. The Bertz CT molecular complexity index is 246. The van der Waals surface area contributed by atoms with Crippen LogP contribution in [-0.4, -0.2) is 11.0 Å². The molecule has 78 valence electrons. The van der Waals surface area contributed by atoms with Crippen LogP contribution in [0.2, 0.25) is 0 Å². The number of hydrogen-bond acceptors (Lipinski definition) is 2.